The van der Waals surface area contributed by atoms with Gasteiger partial charge in [-0.1, -0.05) is 23.2 Å². The van der Waals surface area contributed by atoms with E-state index >= 15 is 0 Å². The molecule has 1 aromatic carbocycles. The monoisotopic (exact) mass is 369 g/mol. The van der Waals surface area contributed by atoms with Crippen LogP contribution in [0.3, 0.4) is 0 Å². The van der Waals surface area contributed by atoms with Crippen molar-refractivity contribution >= 4 is 40.5 Å². The van der Waals surface area contributed by atoms with Crippen molar-refractivity contribution in [2.45, 2.75) is 19.9 Å². The molecule has 1 aromatic heterocycles. The Balaban J connectivity index is 2.36. The molecule has 1 heterocycles. The van der Waals surface area contributed by atoms with Crippen molar-refractivity contribution in [1.29, 1.82) is 0 Å². The SMILES string of the molecule is Cc1c([N+](=O)[O-])ccc(=O)n1C(C)C(=O)Nc1cc(Cl)cc(Cl)c1. The predicted molar refractivity (Wildman–Crippen MR) is 91.9 cm³/mol. The fourth-order valence-corrected chi connectivity index (χ4v) is 2.83. The second kappa shape index (κ2) is 7.02. The van der Waals surface area contributed by atoms with Crippen LogP contribution in [0.25, 0.3) is 0 Å². The number of pyridine rings is 1. The fourth-order valence-electron chi connectivity index (χ4n) is 2.30. The molecule has 0 spiro atoms. The Hall–Kier alpha value is -2.38. The molecule has 9 heteroatoms. The number of nitrogens with one attached hydrogen (secondary N) is 1. The second-order valence-corrected chi connectivity index (χ2v) is 5.97. The van der Waals surface area contributed by atoms with Crippen LogP contribution in [-0.2, 0) is 4.79 Å². The third kappa shape index (κ3) is 3.74. The smallest absolute Gasteiger partial charge is 0.288 e. The number of aromatic nitrogens is 1. The summed E-state index contributed by atoms with van der Waals surface area (Å²) in [5.41, 5.74) is -0.287. The lowest BCUT2D eigenvalue weighted by molar-refractivity contribution is -0.386. The highest BCUT2D eigenvalue weighted by Gasteiger charge is 2.23. The fraction of sp³-hybridized carbons (Fsp3) is 0.200. The number of hydrogen-bond acceptors (Lipinski definition) is 4. The van der Waals surface area contributed by atoms with Gasteiger partial charge in [0.15, 0.2) is 0 Å². The molecular weight excluding hydrogens is 357 g/mol. The third-order valence-corrected chi connectivity index (χ3v) is 3.88. The predicted octanol–water partition coefficient (Wildman–Crippen LogP) is 3.57. The Kier molecular flexibility index (Phi) is 5.26. The van der Waals surface area contributed by atoms with Crippen molar-refractivity contribution in [3.05, 3.63) is 66.5 Å². The van der Waals surface area contributed by atoms with Gasteiger partial charge in [-0.2, -0.15) is 0 Å². The Labute approximate surface area is 147 Å². The lowest BCUT2D eigenvalue weighted by Gasteiger charge is -2.17. The molecule has 1 amide bonds. The largest absolute Gasteiger partial charge is 0.324 e. The quantitative estimate of drug-likeness (QED) is 0.658. The molecule has 0 bridgehead atoms. The van der Waals surface area contributed by atoms with Crippen molar-refractivity contribution < 1.29 is 9.72 Å². The summed E-state index contributed by atoms with van der Waals surface area (Å²) in [6.07, 6.45) is 0. The highest BCUT2D eigenvalue weighted by molar-refractivity contribution is 6.35. The maximum absolute atomic E-state index is 12.4. The number of nitro groups is 1. The molecule has 2 rings (SSSR count). The van der Waals surface area contributed by atoms with E-state index < -0.39 is 22.4 Å². The second-order valence-electron chi connectivity index (χ2n) is 5.09. The molecule has 0 saturated heterocycles. The molecule has 7 nitrogen and oxygen atoms in total. The van der Waals surface area contributed by atoms with Gasteiger partial charge in [0.1, 0.15) is 6.04 Å². The molecule has 24 heavy (non-hydrogen) atoms. The molecule has 0 aliphatic rings. The topological polar surface area (TPSA) is 94.2 Å². The van der Waals surface area contributed by atoms with Crippen LogP contribution in [0.1, 0.15) is 18.7 Å². The lowest BCUT2D eigenvalue weighted by Crippen LogP contribution is -2.33. The molecule has 0 aliphatic carbocycles. The van der Waals surface area contributed by atoms with Gasteiger partial charge in [-0.05, 0) is 32.0 Å². The van der Waals surface area contributed by atoms with E-state index in [1.165, 1.54) is 32.0 Å². The standard InChI is InChI=1S/C15H13Cl2N3O4/c1-8-13(20(23)24)3-4-14(21)19(8)9(2)15(22)18-12-6-10(16)5-11(17)7-12/h3-7,9H,1-2H3,(H,18,22). The normalized spacial score (nSPS) is 11.8. The van der Waals surface area contributed by atoms with E-state index in [0.717, 1.165) is 16.7 Å². The number of anilines is 1. The molecule has 1 unspecified atom stereocenters. The summed E-state index contributed by atoms with van der Waals surface area (Å²) in [4.78, 5) is 34.8. The van der Waals surface area contributed by atoms with E-state index in [2.05, 4.69) is 5.32 Å². The molecule has 1 N–H and O–H groups in total. The minimum Gasteiger partial charge on any atom is -0.324 e. The summed E-state index contributed by atoms with van der Waals surface area (Å²) in [7, 11) is 0. The van der Waals surface area contributed by atoms with Gasteiger partial charge in [0.2, 0.25) is 5.91 Å². The summed E-state index contributed by atoms with van der Waals surface area (Å²) >= 11 is 11.7. The minimum absolute atomic E-state index is 0.0966. The first-order chi connectivity index (χ1) is 11.2. The van der Waals surface area contributed by atoms with Gasteiger partial charge in [-0.3, -0.25) is 24.3 Å². The van der Waals surface area contributed by atoms with Crippen molar-refractivity contribution in [3.8, 4) is 0 Å². The first-order valence-electron chi connectivity index (χ1n) is 6.84. The first-order valence-corrected chi connectivity index (χ1v) is 7.60. The maximum atomic E-state index is 12.4. The van der Waals surface area contributed by atoms with Crippen LogP contribution < -0.4 is 10.9 Å². The van der Waals surface area contributed by atoms with Crippen molar-refractivity contribution in [1.82, 2.24) is 4.57 Å². The van der Waals surface area contributed by atoms with E-state index in [0.29, 0.717) is 15.7 Å². The lowest BCUT2D eigenvalue weighted by atomic mass is 10.2. The Morgan fingerprint density at radius 3 is 2.38 bits per heavy atom. The van der Waals surface area contributed by atoms with Crippen LogP contribution in [0.5, 0.6) is 0 Å². The van der Waals surface area contributed by atoms with Gasteiger partial charge in [-0.15, -0.1) is 0 Å². The Morgan fingerprint density at radius 1 is 1.25 bits per heavy atom. The van der Waals surface area contributed by atoms with Crippen molar-refractivity contribution in [3.63, 3.8) is 0 Å². The molecule has 126 valence electrons. The molecule has 1 atom stereocenters. The third-order valence-electron chi connectivity index (χ3n) is 3.45. The molecular formula is C15H13Cl2N3O4. The number of rotatable bonds is 4. The van der Waals surface area contributed by atoms with Crippen molar-refractivity contribution in [2.75, 3.05) is 5.32 Å². The highest BCUT2D eigenvalue weighted by atomic mass is 35.5. The van der Waals surface area contributed by atoms with Crippen molar-refractivity contribution in [2.24, 2.45) is 0 Å². The summed E-state index contributed by atoms with van der Waals surface area (Å²) in [6, 6.07) is 5.73. The average Bonchev–Trinajstić information content (AvgIpc) is 2.45. The number of amides is 1. The van der Waals surface area contributed by atoms with E-state index in [9.17, 15) is 19.7 Å². The minimum atomic E-state index is -0.963. The van der Waals surface area contributed by atoms with Gasteiger partial charge in [0.05, 0.1) is 10.6 Å². The van der Waals surface area contributed by atoms with Gasteiger partial charge in [0, 0.05) is 27.9 Å². The van der Waals surface area contributed by atoms with Gasteiger partial charge >= 0.3 is 0 Å². The molecule has 0 saturated carbocycles. The summed E-state index contributed by atoms with van der Waals surface area (Å²) < 4.78 is 1.07. The van der Waals surface area contributed by atoms with E-state index in [1.807, 2.05) is 0 Å². The van der Waals surface area contributed by atoms with Crippen LogP contribution in [0.4, 0.5) is 11.4 Å². The summed E-state index contributed by atoms with van der Waals surface area (Å²) in [5.74, 6) is -0.529. The van der Waals surface area contributed by atoms with Gasteiger partial charge in [0.25, 0.3) is 11.2 Å². The zero-order chi connectivity index (χ0) is 18.0. The highest BCUT2D eigenvalue weighted by Crippen LogP contribution is 2.24. The number of hydrogen-bond donors (Lipinski definition) is 1. The van der Waals surface area contributed by atoms with E-state index in [1.54, 1.807) is 0 Å². The number of nitrogens with zero attached hydrogens (tertiary/aromatic N) is 2. The van der Waals surface area contributed by atoms with Gasteiger partial charge in [-0.25, -0.2) is 0 Å². The zero-order valence-corrected chi connectivity index (χ0v) is 14.3. The van der Waals surface area contributed by atoms with E-state index in [4.69, 9.17) is 23.2 Å². The Bertz CT molecular complexity index is 859. The Morgan fingerprint density at radius 2 is 1.83 bits per heavy atom. The first kappa shape index (κ1) is 18.0. The summed E-state index contributed by atoms with van der Waals surface area (Å²) in [5, 5.41) is 14.3. The maximum Gasteiger partial charge on any atom is 0.288 e. The molecule has 0 aliphatic heterocycles. The molecule has 0 fully saturated rings. The average molecular weight is 370 g/mol. The van der Waals surface area contributed by atoms with Crippen LogP contribution in [-0.4, -0.2) is 15.4 Å². The van der Waals surface area contributed by atoms with Crippen LogP contribution in [0, 0.1) is 17.0 Å². The zero-order valence-electron chi connectivity index (χ0n) is 12.7. The number of halogens is 2. The number of carbonyl (C=O) groups excluding carboxylic acids is 1. The summed E-state index contributed by atoms with van der Waals surface area (Å²) in [6.45, 7) is 2.89. The van der Waals surface area contributed by atoms with Crippen LogP contribution in [0.2, 0.25) is 10.0 Å². The number of carbonyl (C=O) groups is 1. The molecule has 0 radical (unpaired) electrons. The van der Waals surface area contributed by atoms with E-state index in [-0.39, 0.29) is 11.4 Å². The molecule has 2 aromatic rings. The van der Waals surface area contributed by atoms with Gasteiger partial charge < -0.3 is 5.32 Å². The van der Waals surface area contributed by atoms with Crippen LogP contribution in [0.15, 0.2) is 35.1 Å². The van der Waals surface area contributed by atoms with Crippen LogP contribution >= 0.6 is 23.2 Å². The number of benzene rings is 1.